The minimum Gasteiger partial charge on any atom is -0.497 e. The summed E-state index contributed by atoms with van der Waals surface area (Å²) in [4.78, 5) is 0. The molecule has 2 aromatic rings. The van der Waals surface area contributed by atoms with E-state index in [-0.39, 0.29) is 0 Å². The summed E-state index contributed by atoms with van der Waals surface area (Å²) in [7, 11) is 3.24. The molecule has 0 atom stereocenters. The molecule has 5 heteroatoms. The van der Waals surface area contributed by atoms with Gasteiger partial charge in [-0.2, -0.15) is 0 Å². The van der Waals surface area contributed by atoms with Gasteiger partial charge in [0.2, 0.25) is 0 Å². The third-order valence-corrected chi connectivity index (χ3v) is 3.60. The van der Waals surface area contributed by atoms with Crippen LogP contribution in [-0.2, 0) is 6.54 Å². The van der Waals surface area contributed by atoms with Gasteiger partial charge in [-0.15, -0.1) is 0 Å². The lowest BCUT2D eigenvalue weighted by atomic mass is 10.1. The quantitative estimate of drug-likeness (QED) is 0.827. The van der Waals surface area contributed by atoms with E-state index in [2.05, 4.69) is 29.7 Å². The molecule has 0 saturated carbocycles. The van der Waals surface area contributed by atoms with Gasteiger partial charge in [-0.05, 0) is 42.4 Å². The average Bonchev–Trinajstić information content (AvgIpc) is 2.54. The van der Waals surface area contributed by atoms with Gasteiger partial charge in [0.15, 0.2) is 5.11 Å². The first-order valence-corrected chi connectivity index (χ1v) is 7.36. The SMILES string of the molecule is COc1ccc(NC(=S)NCc2ccccc2C)c(OC)c1. The molecule has 0 amide bonds. The van der Waals surface area contributed by atoms with E-state index in [1.165, 1.54) is 11.1 Å². The van der Waals surface area contributed by atoms with Crippen molar-refractivity contribution in [2.45, 2.75) is 13.5 Å². The molecule has 116 valence electrons. The maximum atomic E-state index is 5.34. The highest BCUT2D eigenvalue weighted by Crippen LogP contribution is 2.28. The van der Waals surface area contributed by atoms with Gasteiger partial charge in [-0.3, -0.25) is 0 Å². The second-order valence-corrected chi connectivity index (χ2v) is 5.21. The molecule has 0 saturated heterocycles. The van der Waals surface area contributed by atoms with Crippen LogP contribution in [0.25, 0.3) is 0 Å². The Morgan fingerprint density at radius 2 is 1.86 bits per heavy atom. The van der Waals surface area contributed by atoms with Crippen molar-refractivity contribution >= 4 is 23.0 Å². The van der Waals surface area contributed by atoms with Crippen LogP contribution in [0.1, 0.15) is 11.1 Å². The maximum Gasteiger partial charge on any atom is 0.171 e. The predicted octanol–water partition coefficient (Wildman–Crippen LogP) is 3.50. The van der Waals surface area contributed by atoms with Crippen molar-refractivity contribution in [2.75, 3.05) is 19.5 Å². The van der Waals surface area contributed by atoms with Crippen molar-refractivity contribution in [1.29, 1.82) is 0 Å². The predicted molar refractivity (Wildman–Crippen MR) is 93.8 cm³/mol. The van der Waals surface area contributed by atoms with Crippen LogP contribution < -0.4 is 20.1 Å². The normalized spacial score (nSPS) is 9.95. The van der Waals surface area contributed by atoms with Gasteiger partial charge in [0.25, 0.3) is 0 Å². The largest absolute Gasteiger partial charge is 0.497 e. The Balaban J connectivity index is 1.99. The van der Waals surface area contributed by atoms with Gasteiger partial charge in [-0.1, -0.05) is 24.3 Å². The molecule has 0 bridgehead atoms. The number of anilines is 1. The van der Waals surface area contributed by atoms with Crippen molar-refractivity contribution in [3.63, 3.8) is 0 Å². The second kappa shape index (κ2) is 7.66. The average molecular weight is 316 g/mol. The zero-order valence-corrected chi connectivity index (χ0v) is 13.8. The fourth-order valence-corrected chi connectivity index (χ4v) is 2.23. The summed E-state index contributed by atoms with van der Waals surface area (Å²) in [5.74, 6) is 1.42. The van der Waals surface area contributed by atoms with Gasteiger partial charge in [0, 0.05) is 12.6 Å². The number of rotatable bonds is 5. The molecule has 4 nitrogen and oxygen atoms in total. The zero-order chi connectivity index (χ0) is 15.9. The first kappa shape index (κ1) is 16.1. The van der Waals surface area contributed by atoms with Gasteiger partial charge >= 0.3 is 0 Å². The van der Waals surface area contributed by atoms with Crippen LogP contribution >= 0.6 is 12.2 Å². The number of methoxy groups -OCH3 is 2. The summed E-state index contributed by atoms with van der Waals surface area (Å²) in [6.45, 7) is 2.76. The Morgan fingerprint density at radius 1 is 1.09 bits per heavy atom. The van der Waals surface area contributed by atoms with Crippen LogP contribution in [0.2, 0.25) is 0 Å². The highest BCUT2D eigenvalue weighted by Gasteiger charge is 2.07. The first-order chi connectivity index (χ1) is 10.6. The standard InChI is InChI=1S/C17H20N2O2S/c1-12-6-4-5-7-13(12)11-18-17(22)19-15-9-8-14(20-2)10-16(15)21-3/h4-10H,11H2,1-3H3,(H2,18,19,22). The van der Waals surface area contributed by atoms with E-state index in [0.717, 1.165) is 11.4 Å². The van der Waals surface area contributed by atoms with E-state index >= 15 is 0 Å². The third-order valence-electron chi connectivity index (χ3n) is 3.36. The highest BCUT2D eigenvalue weighted by atomic mass is 32.1. The van der Waals surface area contributed by atoms with Gasteiger partial charge in [0.1, 0.15) is 11.5 Å². The van der Waals surface area contributed by atoms with Crippen molar-refractivity contribution in [3.8, 4) is 11.5 Å². The maximum absolute atomic E-state index is 5.34. The number of hydrogen-bond donors (Lipinski definition) is 2. The number of aryl methyl sites for hydroxylation is 1. The van der Waals surface area contributed by atoms with Gasteiger partial charge in [-0.25, -0.2) is 0 Å². The van der Waals surface area contributed by atoms with Crippen LogP contribution in [0.15, 0.2) is 42.5 Å². The van der Waals surface area contributed by atoms with Crippen molar-refractivity contribution in [3.05, 3.63) is 53.6 Å². The van der Waals surface area contributed by atoms with Gasteiger partial charge < -0.3 is 20.1 Å². The molecule has 0 aliphatic rings. The summed E-state index contributed by atoms with van der Waals surface area (Å²) >= 11 is 5.34. The second-order valence-electron chi connectivity index (χ2n) is 4.80. The molecule has 2 aromatic carbocycles. The summed E-state index contributed by atoms with van der Waals surface area (Å²) in [5.41, 5.74) is 3.25. The van der Waals surface area contributed by atoms with Crippen LogP contribution in [0, 0.1) is 6.92 Å². The molecular formula is C17H20N2O2S. The monoisotopic (exact) mass is 316 g/mol. The molecule has 0 unspecified atom stereocenters. The van der Waals surface area contributed by atoms with E-state index in [9.17, 15) is 0 Å². The van der Waals surface area contributed by atoms with Crippen LogP contribution in [0.4, 0.5) is 5.69 Å². The lowest BCUT2D eigenvalue weighted by molar-refractivity contribution is 0.395. The van der Waals surface area contributed by atoms with E-state index in [0.29, 0.717) is 17.4 Å². The van der Waals surface area contributed by atoms with Crippen LogP contribution in [0.3, 0.4) is 0 Å². The zero-order valence-electron chi connectivity index (χ0n) is 13.0. The Hall–Kier alpha value is -2.27. The molecule has 2 rings (SSSR count). The number of thiocarbonyl (C=S) groups is 1. The van der Waals surface area contributed by atoms with Gasteiger partial charge in [0.05, 0.1) is 19.9 Å². The lowest BCUT2D eigenvalue weighted by Gasteiger charge is -2.15. The number of hydrogen-bond acceptors (Lipinski definition) is 3. The Bertz CT molecular complexity index is 659. The third kappa shape index (κ3) is 4.11. The minimum absolute atomic E-state index is 0.548. The van der Waals surface area contributed by atoms with E-state index in [1.54, 1.807) is 14.2 Å². The smallest absolute Gasteiger partial charge is 0.171 e. The topological polar surface area (TPSA) is 42.5 Å². The van der Waals surface area contributed by atoms with Crippen LogP contribution in [0.5, 0.6) is 11.5 Å². The van der Waals surface area contributed by atoms with E-state index in [4.69, 9.17) is 21.7 Å². The number of benzene rings is 2. The summed E-state index contributed by atoms with van der Waals surface area (Å²) < 4.78 is 10.5. The first-order valence-electron chi connectivity index (χ1n) is 6.95. The van der Waals surface area contributed by atoms with E-state index in [1.807, 2.05) is 30.3 Å². The number of nitrogens with one attached hydrogen (secondary N) is 2. The molecule has 0 aliphatic carbocycles. The van der Waals surface area contributed by atoms with E-state index < -0.39 is 0 Å². The molecule has 0 heterocycles. The lowest BCUT2D eigenvalue weighted by Crippen LogP contribution is -2.28. The Labute approximate surface area is 136 Å². The molecule has 0 radical (unpaired) electrons. The summed E-state index contributed by atoms with van der Waals surface area (Å²) in [6, 6.07) is 13.8. The molecule has 0 fully saturated rings. The van der Waals surface area contributed by atoms with Crippen molar-refractivity contribution in [1.82, 2.24) is 5.32 Å². The minimum atomic E-state index is 0.548. The Kier molecular flexibility index (Phi) is 5.61. The molecular weight excluding hydrogens is 296 g/mol. The Morgan fingerprint density at radius 3 is 2.55 bits per heavy atom. The van der Waals surface area contributed by atoms with Crippen molar-refractivity contribution < 1.29 is 9.47 Å². The fourth-order valence-electron chi connectivity index (χ4n) is 2.05. The van der Waals surface area contributed by atoms with Crippen LogP contribution in [-0.4, -0.2) is 19.3 Å². The summed E-state index contributed by atoms with van der Waals surface area (Å²) in [5, 5.41) is 6.89. The number of ether oxygens (including phenoxy) is 2. The molecule has 2 N–H and O–H groups in total. The molecule has 0 aromatic heterocycles. The fraction of sp³-hybridized carbons (Fsp3) is 0.235. The molecule has 0 spiro atoms. The summed E-state index contributed by atoms with van der Waals surface area (Å²) in [6.07, 6.45) is 0. The highest BCUT2D eigenvalue weighted by molar-refractivity contribution is 7.80. The molecule has 22 heavy (non-hydrogen) atoms. The van der Waals surface area contributed by atoms with Crippen molar-refractivity contribution in [2.24, 2.45) is 0 Å². The molecule has 0 aliphatic heterocycles.